The zero-order valence-corrected chi connectivity index (χ0v) is 15.1. The van der Waals surface area contributed by atoms with E-state index >= 15 is 0 Å². The highest BCUT2D eigenvalue weighted by atomic mass is 32.2. The Morgan fingerprint density at radius 2 is 1.64 bits per heavy atom. The standard InChI is InChI=1S/C18H13N5O4S/c24-23(25)14-6-8-15(9-7-14)28(26,27)21-17-12-13-4-1-2-5-16(13)22(17)18-19-10-3-11-20-18/h1-12,21H. The molecule has 0 saturated carbocycles. The number of benzene rings is 2. The van der Waals surface area contributed by atoms with Gasteiger partial charge in [0.15, 0.2) is 0 Å². The van der Waals surface area contributed by atoms with Gasteiger partial charge in [-0.2, -0.15) is 0 Å². The second-order valence-corrected chi connectivity index (χ2v) is 7.51. The summed E-state index contributed by atoms with van der Waals surface area (Å²) < 4.78 is 29.7. The number of nitrogens with one attached hydrogen (secondary N) is 1. The zero-order chi connectivity index (χ0) is 19.7. The molecule has 0 atom stereocenters. The number of rotatable bonds is 5. The number of nitro groups is 1. The van der Waals surface area contributed by atoms with Crippen LogP contribution in [0.25, 0.3) is 16.9 Å². The molecule has 28 heavy (non-hydrogen) atoms. The van der Waals surface area contributed by atoms with Gasteiger partial charge in [-0.25, -0.2) is 18.4 Å². The van der Waals surface area contributed by atoms with Crippen LogP contribution < -0.4 is 4.72 Å². The third kappa shape index (κ3) is 3.16. The van der Waals surface area contributed by atoms with E-state index in [1.54, 1.807) is 29.1 Å². The van der Waals surface area contributed by atoms with E-state index in [0.29, 0.717) is 5.95 Å². The van der Waals surface area contributed by atoms with Gasteiger partial charge in [0.2, 0.25) is 5.95 Å². The fourth-order valence-corrected chi connectivity index (χ4v) is 3.83. The van der Waals surface area contributed by atoms with Crippen LogP contribution in [0, 0.1) is 10.1 Å². The number of nitrogens with zero attached hydrogens (tertiary/aromatic N) is 4. The Morgan fingerprint density at radius 1 is 0.964 bits per heavy atom. The first kappa shape index (κ1) is 17.6. The summed E-state index contributed by atoms with van der Waals surface area (Å²) >= 11 is 0. The Labute approximate surface area is 159 Å². The van der Waals surface area contributed by atoms with Gasteiger partial charge in [0.25, 0.3) is 15.7 Å². The molecule has 0 bridgehead atoms. The highest BCUT2D eigenvalue weighted by Crippen LogP contribution is 2.28. The van der Waals surface area contributed by atoms with Gasteiger partial charge < -0.3 is 0 Å². The zero-order valence-electron chi connectivity index (χ0n) is 14.3. The van der Waals surface area contributed by atoms with Crippen molar-refractivity contribution in [3.05, 3.63) is 83.2 Å². The van der Waals surface area contributed by atoms with Gasteiger partial charge in [-0.05, 0) is 30.3 Å². The molecular formula is C18H13N5O4S. The maximum atomic E-state index is 12.8. The summed E-state index contributed by atoms with van der Waals surface area (Å²) in [7, 11) is -3.98. The SMILES string of the molecule is O=[N+]([O-])c1ccc(S(=O)(=O)Nc2cc3ccccc3n2-c2ncccn2)cc1. The first-order chi connectivity index (χ1) is 13.5. The molecule has 1 N–H and O–H groups in total. The minimum absolute atomic E-state index is 0.0936. The Kier molecular flexibility index (Phi) is 4.24. The summed E-state index contributed by atoms with van der Waals surface area (Å²) in [6.07, 6.45) is 3.12. The van der Waals surface area contributed by atoms with Crippen LogP contribution in [0.15, 0.2) is 78.0 Å². The van der Waals surface area contributed by atoms with Crippen LogP contribution in [0.3, 0.4) is 0 Å². The molecule has 4 rings (SSSR count). The minimum Gasteiger partial charge on any atom is -0.264 e. The summed E-state index contributed by atoms with van der Waals surface area (Å²) in [5.41, 5.74) is 0.542. The molecule has 0 aliphatic carbocycles. The molecule has 0 fully saturated rings. The van der Waals surface area contributed by atoms with Crippen LogP contribution >= 0.6 is 0 Å². The molecule has 4 aromatic rings. The maximum absolute atomic E-state index is 12.8. The van der Waals surface area contributed by atoms with Crippen molar-refractivity contribution in [2.24, 2.45) is 0 Å². The average Bonchev–Trinajstić information content (AvgIpc) is 3.05. The van der Waals surface area contributed by atoms with Gasteiger partial charge in [-0.3, -0.25) is 19.4 Å². The predicted octanol–water partition coefficient (Wildman–Crippen LogP) is 3.13. The second kappa shape index (κ2) is 6.74. The van der Waals surface area contributed by atoms with E-state index in [4.69, 9.17) is 0 Å². The van der Waals surface area contributed by atoms with Gasteiger partial charge in [-0.15, -0.1) is 0 Å². The largest absolute Gasteiger partial charge is 0.269 e. The van der Waals surface area contributed by atoms with Crippen molar-refractivity contribution in [3.63, 3.8) is 0 Å². The maximum Gasteiger partial charge on any atom is 0.269 e. The smallest absolute Gasteiger partial charge is 0.264 e. The Bertz CT molecular complexity index is 1270. The van der Waals surface area contributed by atoms with E-state index in [9.17, 15) is 18.5 Å². The third-order valence-electron chi connectivity index (χ3n) is 4.06. The first-order valence-electron chi connectivity index (χ1n) is 8.11. The highest BCUT2D eigenvalue weighted by Gasteiger charge is 2.20. The Hall–Kier alpha value is -3.79. The molecule has 0 saturated heterocycles. The Morgan fingerprint density at radius 3 is 2.32 bits per heavy atom. The fourth-order valence-electron chi connectivity index (χ4n) is 2.80. The summed E-state index contributed by atoms with van der Waals surface area (Å²) in [4.78, 5) is 18.5. The molecular weight excluding hydrogens is 382 g/mol. The molecule has 2 aromatic carbocycles. The van der Waals surface area contributed by atoms with Crippen molar-refractivity contribution in [2.45, 2.75) is 4.90 Å². The molecule has 0 radical (unpaired) electrons. The number of hydrogen-bond donors (Lipinski definition) is 1. The number of sulfonamides is 1. The van der Waals surface area contributed by atoms with Crippen LogP contribution in [0.5, 0.6) is 0 Å². The monoisotopic (exact) mass is 395 g/mol. The summed E-state index contributed by atoms with van der Waals surface area (Å²) in [5.74, 6) is 0.566. The van der Waals surface area contributed by atoms with Crippen molar-refractivity contribution in [1.29, 1.82) is 0 Å². The van der Waals surface area contributed by atoms with E-state index in [0.717, 1.165) is 23.0 Å². The lowest BCUT2D eigenvalue weighted by Gasteiger charge is -2.11. The summed E-state index contributed by atoms with van der Waals surface area (Å²) in [6.45, 7) is 0. The molecule has 0 spiro atoms. The lowest BCUT2D eigenvalue weighted by Crippen LogP contribution is -2.16. The van der Waals surface area contributed by atoms with E-state index in [-0.39, 0.29) is 16.4 Å². The van der Waals surface area contributed by atoms with Crippen LogP contribution in [-0.4, -0.2) is 27.9 Å². The molecule has 2 aromatic heterocycles. The average molecular weight is 395 g/mol. The normalized spacial score (nSPS) is 11.4. The van der Waals surface area contributed by atoms with Crippen LogP contribution in [0.2, 0.25) is 0 Å². The number of fused-ring (bicyclic) bond motifs is 1. The van der Waals surface area contributed by atoms with Crippen molar-refractivity contribution in [2.75, 3.05) is 4.72 Å². The van der Waals surface area contributed by atoms with Gasteiger partial charge >= 0.3 is 0 Å². The second-order valence-electron chi connectivity index (χ2n) is 5.83. The summed E-state index contributed by atoms with van der Waals surface area (Å²) in [5, 5.41) is 11.6. The molecule has 2 heterocycles. The van der Waals surface area contributed by atoms with E-state index < -0.39 is 14.9 Å². The van der Waals surface area contributed by atoms with E-state index in [1.807, 2.05) is 24.3 Å². The van der Waals surface area contributed by atoms with Crippen molar-refractivity contribution in [1.82, 2.24) is 14.5 Å². The quantitative estimate of drug-likeness (QED) is 0.409. The highest BCUT2D eigenvalue weighted by molar-refractivity contribution is 7.92. The number of anilines is 1. The number of hydrogen-bond acceptors (Lipinski definition) is 6. The van der Waals surface area contributed by atoms with Gasteiger partial charge in [0.1, 0.15) is 5.82 Å². The van der Waals surface area contributed by atoms with Crippen molar-refractivity contribution in [3.8, 4) is 5.95 Å². The van der Waals surface area contributed by atoms with Crippen LogP contribution in [0.1, 0.15) is 0 Å². The minimum atomic E-state index is -3.98. The molecule has 10 heteroatoms. The van der Waals surface area contributed by atoms with Crippen molar-refractivity contribution < 1.29 is 13.3 Å². The lowest BCUT2D eigenvalue weighted by molar-refractivity contribution is -0.384. The third-order valence-corrected chi connectivity index (χ3v) is 5.43. The predicted molar refractivity (Wildman–Crippen MR) is 103 cm³/mol. The molecule has 0 aliphatic heterocycles. The first-order valence-corrected chi connectivity index (χ1v) is 9.59. The molecule has 0 aliphatic rings. The number of nitro benzene ring substituents is 1. The lowest BCUT2D eigenvalue weighted by atomic mass is 10.2. The van der Waals surface area contributed by atoms with Gasteiger partial charge in [0.05, 0.1) is 15.3 Å². The molecule has 0 amide bonds. The van der Waals surface area contributed by atoms with Crippen molar-refractivity contribution >= 4 is 32.4 Å². The topological polar surface area (TPSA) is 120 Å². The summed E-state index contributed by atoms with van der Waals surface area (Å²) in [6, 6.07) is 15.3. The van der Waals surface area contributed by atoms with Gasteiger partial charge in [0, 0.05) is 29.9 Å². The number of para-hydroxylation sites is 1. The van der Waals surface area contributed by atoms with Crippen LogP contribution in [-0.2, 0) is 10.0 Å². The van der Waals surface area contributed by atoms with Crippen LogP contribution in [0.4, 0.5) is 11.5 Å². The van der Waals surface area contributed by atoms with Gasteiger partial charge in [-0.1, -0.05) is 18.2 Å². The number of aromatic nitrogens is 3. The molecule has 0 unspecified atom stereocenters. The fraction of sp³-hybridized carbons (Fsp3) is 0. The number of non-ortho nitro benzene ring substituents is 1. The Balaban J connectivity index is 1.80. The van der Waals surface area contributed by atoms with E-state index in [1.165, 1.54) is 12.1 Å². The van der Waals surface area contributed by atoms with E-state index in [2.05, 4.69) is 14.7 Å². The molecule has 140 valence electrons. The molecule has 9 nitrogen and oxygen atoms in total.